The number of likely N-dealkylation sites (N-methyl/N-ethyl adjacent to an activating group) is 1. The van der Waals surface area contributed by atoms with Crippen LogP contribution in [0.3, 0.4) is 0 Å². The third kappa shape index (κ3) is 4.48. The summed E-state index contributed by atoms with van der Waals surface area (Å²) < 4.78 is 13.7. The predicted octanol–water partition coefficient (Wildman–Crippen LogP) is 2.65. The van der Waals surface area contributed by atoms with Gasteiger partial charge >= 0.3 is 0 Å². The van der Waals surface area contributed by atoms with E-state index < -0.39 is 0 Å². The van der Waals surface area contributed by atoms with E-state index in [9.17, 15) is 4.39 Å². The average Bonchev–Trinajstić information content (AvgIpc) is 2.24. The van der Waals surface area contributed by atoms with Crippen molar-refractivity contribution in [1.29, 1.82) is 0 Å². The van der Waals surface area contributed by atoms with E-state index in [1.807, 2.05) is 19.0 Å². The molecule has 1 heterocycles. The Hall–Kier alpha value is -0.870. The number of hydrogen-bond acceptors (Lipinski definition) is 3. The standard InChI is InChI=1S/C12H19ClFN3/c1-4-5-17(7-6-16(2)3)12-11(14)8-10(13)9-15-12/h8-9H,4-7H2,1-3H3. The fourth-order valence-electron chi connectivity index (χ4n) is 1.55. The van der Waals surface area contributed by atoms with Gasteiger partial charge in [-0.15, -0.1) is 0 Å². The first-order valence-corrected chi connectivity index (χ1v) is 6.13. The summed E-state index contributed by atoms with van der Waals surface area (Å²) in [5.41, 5.74) is 0. The molecule has 0 aliphatic carbocycles. The molecule has 17 heavy (non-hydrogen) atoms. The Labute approximate surface area is 107 Å². The molecule has 1 rings (SSSR count). The molecule has 0 spiro atoms. The lowest BCUT2D eigenvalue weighted by Crippen LogP contribution is -2.33. The van der Waals surface area contributed by atoms with E-state index in [0.29, 0.717) is 10.8 Å². The second kappa shape index (κ2) is 6.77. The van der Waals surface area contributed by atoms with Crippen LogP contribution in [0.5, 0.6) is 0 Å². The van der Waals surface area contributed by atoms with Gasteiger partial charge in [-0.1, -0.05) is 18.5 Å². The Bertz CT molecular complexity index is 358. The highest BCUT2D eigenvalue weighted by molar-refractivity contribution is 6.30. The third-order valence-corrected chi connectivity index (χ3v) is 2.61. The molecule has 0 fully saturated rings. The zero-order valence-electron chi connectivity index (χ0n) is 10.6. The van der Waals surface area contributed by atoms with E-state index >= 15 is 0 Å². The van der Waals surface area contributed by atoms with Gasteiger partial charge in [-0.05, 0) is 26.6 Å². The SMILES string of the molecule is CCCN(CCN(C)C)c1ncc(Cl)cc1F. The van der Waals surface area contributed by atoms with Crippen LogP contribution in [0.2, 0.25) is 5.02 Å². The van der Waals surface area contributed by atoms with E-state index in [1.54, 1.807) is 0 Å². The second-order valence-electron chi connectivity index (χ2n) is 4.25. The molecule has 5 heteroatoms. The van der Waals surface area contributed by atoms with Crippen LogP contribution in [0.4, 0.5) is 10.2 Å². The molecule has 0 saturated carbocycles. The Morgan fingerprint density at radius 3 is 2.53 bits per heavy atom. The van der Waals surface area contributed by atoms with Gasteiger partial charge in [0.15, 0.2) is 11.6 Å². The van der Waals surface area contributed by atoms with Crippen molar-refractivity contribution >= 4 is 17.4 Å². The lowest BCUT2D eigenvalue weighted by atomic mass is 10.3. The van der Waals surface area contributed by atoms with Gasteiger partial charge in [-0.3, -0.25) is 0 Å². The molecule has 1 aromatic heterocycles. The maximum Gasteiger partial charge on any atom is 0.167 e. The summed E-state index contributed by atoms with van der Waals surface area (Å²) in [5, 5.41) is 0.329. The van der Waals surface area contributed by atoms with Gasteiger partial charge in [0.25, 0.3) is 0 Å². The molecule has 0 amide bonds. The number of halogens is 2. The van der Waals surface area contributed by atoms with Crippen LogP contribution in [0.1, 0.15) is 13.3 Å². The summed E-state index contributed by atoms with van der Waals surface area (Å²) in [6.45, 7) is 4.48. The first-order chi connectivity index (χ1) is 8.04. The number of rotatable bonds is 6. The van der Waals surface area contributed by atoms with Crippen molar-refractivity contribution in [1.82, 2.24) is 9.88 Å². The zero-order chi connectivity index (χ0) is 12.8. The minimum atomic E-state index is -0.357. The zero-order valence-corrected chi connectivity index (χ0v) is 11.3. The molecule has 3 nitrogen and oxygen atoms in total. The van der Waals surface area contributed by atoms with Crippen molar-refractivity contribution in [3.05, 3.63) is 23.1 Å². The minimum Gasteiger partial charge on any atom is -0.353 e. The summed E-state index contributed by atoms with van der Waals surface area (Å²) in [4.78, 5) is 8.09. The highest BCUT2D eigenvalue weighted by Gasteiger charge is 2.13. The third-order valence-electron chi connectivity index (χ3n) is 2.40. The number of aromatic nitrogens is 1. The molecule has 0 saturated heterocycles. The highest BCUT2D eigenvalue weighted by Crippen LogP contribution is 2.19. The first-order valence-electron chi connectivity index (χ1n) is 5.75. The van der Waals surface area contributed by atoms with E-state index in [-0.39, 0.29) is 5.82 Å². The van der Waals surface area contributed by atoms with Crippen molar-refractivity contribution in [3.63, 3.8) is 0 Å². The van der Waals surface area contributed by atoms with E-state index in [0.717, 1.165) is 26.1 Å². The summed E-state index contributed by atoms with van der Waals surface area (Å²) in [5.74, 6) is 0.0304. The molecule has 0 aliphatic heterocycles. The van der Waals surface area contributed by atoms with Gasteiger partial charge in [-0.25, -0.2) is 9.37 Å². The molecular weight excluding hydrogens is 241 g/mol. The highest BCUT2D eigenvalue weighted by atomic mass is 35.5. The number of anilines is 1. The maximum atomic E-state index is 13.7. The van der Waals surface area contributed by atoms with Crippen LogP contribution in [0.25, 0.3) is 0 Å². The minimum absolute atomic E-state index is 0.329. The lowest BCUT2D eigenvalue weighted by molar-refractivity contribution is 0.411. The normalized spacial score (nSPS) is 10.9. The molecule has 0 aromatic carbocycles. The fourth-order valence-corrected chi connectivity index (χ4v) is 1.70. The van der Waals surface area contributed by atoms with Crippen molar-refractivity contribution in [3.8, 4) is 0 Å². The van der Waals surface area contributed by atoms with Crippen LogP contribution in [-0.2, 0) is 0 Å². The topological polar surface area (TPSA) is 19.4 Å². The second-order valence-corrected chi connectivity index (χ2v) is 4.69. The van der Waals surface area contributed by atoms with Crippen LogP contribution in [-0.4, -0.2) is 43.6 Å². The molecule has 0 aliphatic rings. The van der Waals surface area contributed by atoms with Crippen LogP contribution < -0.4 is 4.90 Å². The summed E-state index contributed by atoms with van der Waals surface area (Å²) >= 11 is 5.70. The van der Waals surface area contributed by atoms with E-state index in [4.69, 9.17) is 11.6 Å². The Balaban J connectivity index is 2.81. The predicted molar refractivity (Wildman–Crippen MR) is 70.3 cm³/mol. The van der Waals surface area contributed by atoms with Gasteiger partial charge < -0.3 is 9.80 Å². The van der Waals surface area contributed by atoms with Crippen molar-refractivity contribution in [2.24, 2.45) is 0 Å². The van der Waals surface area contributed by atoms with E-state index in [2.05, 4.69) is 16.8 Å². The van der Waals surface area contributed by atoms with Gasteiger partial charge in [0.05, 0.1) is 5.02 Å². The summed E-state index contributed by atoms with van der Waals surface area (Å²) in [6, 6.07) is 1.31. The average molecular weight is 260 g/mol. The van der Waals surface area contributed by atoms with E-state index in [1.165, 1.54) is 12.3 Å². The molecule has 0 N–H and O–H groups in total. The van der Waals surface area contributed by atoms with Crippen molar-refractivity contribution in [2.45, 2.75) is 13.3 Å². The molecule has 0 unspecified atom stereocenters. The monoisotopic (exact) mass is 259 g/mol. The Morgan fingerprint density at radius 2 is 2.00 bits per heavy atom. The Kier molecular flexibility index (Phi) is 5.65. The number of pyridine rings is 1. The quantitative estimate of drug-likeness (QED) is 0.783. The lowest BCUT2D eigenvalue weighted by Gasteiger charge is -2.25. The largest absolute Gasteiger partial charge is 0.353 e. The molecule has 0 atom stereocenters. The van der Waals surface area contributed by atoms with Crippen molar-refractivity contribution < 1.29 is 4.39 Å². The van der Waals surface area contributed by atoms with Gasteiger partial charge in [0, 0.05) is 25.8 Å². The van der Waals surface area contributed by atoms with Gasteiger partial charge in [0.2, 0.25) is 0 Å². The van der Waals surface area contributed by atoms with Gasteiger partial charge in [0.1, 0.15) is 0 Å². The van der Waals surface area contributed by atoms with Crippen LogP contribution in [0.15, 0.2) is 12.3 Å². The molecule has 0 bridgehead atoms. The van der Waals surface area contributed by atoms with Gasteiger partial charge in [-0.2, -0.15) is 0 Å². The number of hydrogen-bond donors (Lipinski definition) is 0. The maximum absolute atomic E-state index is 13.7. The molecule has 0 radical (unpaired) electrons. The molecule has 96 valence electrons. The number of nitrogens with zero attached hydrogens (tertiary/aromatic N) is 3. The summed E-state index contributed by atoms with van der Waals surface area (Å²) in [7, 11) is 3.99. The molecular formula is C12H19ClFN3. The smallest absolute Gasteiger partial charge is 0.167 e. The Morgan fingerprint density at radius 1 is 1.29 bits per heavy atom. The van der Waals surface area contributed by atoms with Crippen molar-refractivity contribution in [2.75, 3.05) is 38.6 Å². The van der Waals surface area contributed by atoms with Crippen LogP contribution in [0, 0.1) is 5.82 Å². The fraction of sp³-hybridized carbons (Fsp3) is 0.583. The first kappa shape index (κ1) is 14.2. The summed E-state index contributed by atoms with van der Waals surface area (Å²) in [6.07, 6.45) is 2.44. The van der Waals surface area contributed by atoms with Crippen LogP contribution >= 0.6 is 11.6 Å². The molecule has 1 aromatic rings.